The fourth-order valence-electron chi connectivity index (χ4n) is 5.23. The Morgan fingerprint density at radius 2 is 2.16 bits per heavy atom. The topological polar surface area (TPSA) is 91.3 Å². The third kappa shape index (κ3) is 4.18. The molecule has 2 fully saturated rings. The van der Waals surface area contributed by atoms with Crippen LogP contribution in [-0.2, 0) is 11.2 Å². The molecular weight excluding hydrogens is 415 g/mol. The highest BCUT2D eigenvalue weighted by atomic mass is 19.1. The van der Waals surface area contributed by atoms with E-state index in [9.17, 15) is 19.4 Å². The van der Waals surface area contributed by atoms with Gasteiger partial charge in [0, 0.05) is 44.1 Å². The second-order valence-corrected chi connectivity index (χ2v) is 9.05. The smallest absolute Gasteiger partial charge is 0.411 e. The van der Waals surface area contributed by atoms with E-state index in [4.69, 9.17) is 9.47 Å². The van der Waals surface area contributed by atoms with Crippen LogP contribution in [0.25, 0.3) is 0 Å². The van der Waals surface area contributed by atoms with E-state index in [0.717, 1.165) is 11.1 Å². The summed E-state index contributed by atoms with van der Waals surface area (Å²) >= 11 is 0. The number of hydrogen-bond acceptors (Lipinski definition) is 6. The minimum Gasteiger partial charge on any atom is -0.487 e. The maximum Gasteiger partial charge on any atom is 0.411 e. The molecule has 0 unspecified atom stereocenters. The third-order valence-corrected chi connectivity index (χ3v) is 6.78. The van der Waals surface area contributed by atoms with Crippen molar-refractivity contribution in [1.29, 1.82) is 0 Å². The van der Waals surface area contributed by atoms with Gasteiger partial charge in [-0.15, -0.1) is 0 Å². The molecule has 3 aliphatic rings. The van der Waals surface area contributed by atoms with Gasteiger partial charge in [0.15, 0.2) is 11.6 Å². The van der Waals surface area contributed by atoms with Crippen molar-refractivity contribution in [3.63, 3.8) is 0 Å². The lowest BCUT2D eigenvalue weighted by molar-refractivity contribution is 0.0175. The van der Waals surface area contributed by atoms with Gasteiger partial charge in [-0.2, -0.15) is 0 Å². The Kier molecular flexibility index (Phi) is 5.53. The number of cyclic esters (lactones) is 1. The van der Waals surface area contributed by atoms with Gasteiger partial charge in [-0.1, -0.05) is 24.3 Å². The van der Waals surface area contributed by atoms with Gasteiger partial charge >= 0.3 is 6.09 Å². The summed E-state index contributed by atoms with van der Waals surface area (Å²) < 4.78 is 24.7. The number of β-amino-alcohol motifs (C(OH)–C–C–N with tert-alkyl or cyclic N) is 2. The number of anilines is 1. The quantitative estimate of drug-likeness (QED) is 0.660. The SMILES string of the molecule is O=C1Nc2ccc([C@H](O)CN3C[C@H]4C[C@H](Oc5ccccc5F)C[C@@]4(O)C3)cc2CCO1. The molecule has 7 nitrogen and oxygen atoms in total. The Balaban J connectivity index is 1.19. The molecule has 32 heavy (non-hydrogen) atoms. The van der Waals surface area contributed by atoms with Crippen LogP contribution in [0.15, 0.2) is 42.5 Å². The maximum atomic E-state index is 13.9. The first-order valence-corrected chi connectivity index (χ1v) is 11.0. The Bertz CT molecular complexity index is 1020. The Hall–Kier alpha value is -2.68. The fourth-order valence-corrected chi connectivity index (χ4v) is 5.23. The summed E-state index contributed by atoms with van der Waals surface area (Å²) in [6.07, 6.45) is 0.270. The Morgan fingerprint density at radius 3 is 2.97 bits per heavy atom. The predicted octanol–water partition coefficient (Wildman–Crippen LogP) is 2.87. The molecule has 2 aliphatic heterocycles. The molecule has 4 atom stereocenters. The molecular formula is C24H27FN2O5. The van der Waals surface area contributed by atoms with E-state index in [1.807, 2.05) is 6.07 Å². The summed E-state index contributed by atoms with van der Waals surface area (Å²) in [5, 5.41) is 24.7. The van der Waals surface area contributed by atoms with Crippen LogP contribution in [0, 0.1) is 11.7 Å². The molecule has 0 bridgehead atoms. The second-order valence-electron chi connectivity index (χ2n) is 9.05. The Labute approximate surface area is 185 Å². The first-order valence-electron chi connectivity index (χ1n) is 11.0. The lowest BCUT2D eigenvalue weighted by Gasteiger charge is -2.25. The van der Waals surface area contributed by atoms with E-state index in [2.05, 4.69) is 10.2 Å². The van der Waals surface area contributed by atoms with Crippen molar-refractivity contribution in [1.82, 2.24) is 4.90 Å². The number of fused-ring (bicyclic) bond motifs is 2. The van der Waals surface area contributed by atoms with Gasteiger partial charge < -0.3 is 19.7 Å². The predicted molar refractivity (Wildman–Crippen MR) is 115 cm³/mol. The van der Waals surface area contributed by atoms with Crippen molar-refractivity contribution in [2.75, 3.05) is 31.6 Å². The van der Waals surface area contributed by atoms with Crippen LogP contribution in [0.3, 0.4) is 0 Å². The highest BCUT2D eigenvalue weighted by Crippen LogP contribution is 2.43. The van der Waals surface area contributed by atoms with Crippen molar-refractivity contribution in [2.24, 2.45) is 5.92 Å². The number of rotatable bonds is 5. The van der Waals surface area contributed by atoms with E-state index in [1.54, 1.807) is 30.3 Å². The number of carbonyl (C=O) groups is 1. The molecule has 1 aliphatic carbocycles. The number of nitrogens with zero attached hydrogens (tertiary/aromatic N) is 1. The number of likely N-dealkylation sites (tertiary alicyclic amines) is 1. The highest BCUT2D eigenvalue weighted by molar-refractivity contribution is 5.86. The van der Waals surface area contributed by atoms with Crippen LogP contribution in [0.2, 0.25) is 0 Å². The van der Waals surface area contributed by atoms with Crippen LogP contribution in [0.5, 0.6) is 5.75 Å². The largest absolute Gasteiger partial charge is 0.487 e. The van der Waals surface area contributed by atoms with Gasteiger partial charge in [-0.05, 0) is 35.7 Å². The van der Waals surface area contributed by atoms with E-state index in [-0.39, 0.29) is 17.8 Å². The number of halogens is 1. The normalized spacial score (nSPS) is 28.3. The standard InChI is InChI=1S/C24H27FN2O5/c25-19-3-1-2-4-22(19)32-18-10-17-12-27(14-24(17,30)11-18)13-21(28)16-5-6-20-15(9-16)7-8-31-23(29)26-20/h1-6,9,17-18,21,28,30H,7-8,10-14H2,(H,26,29)/t17-,18+,21-,24-/m1/s1. The number of ether oxygens (including phenoxy) is 2. The minimum absolute atomic E-state index is 0.0193. The summed E-state index contributed by atoms with van der Waals surface area (Å²) in [4.78, 5) is 13.6. The van der Waals surface area contributed by atoms with Crippen LogP contribution in [0.1, 0.15) is 30.1 Å². The molecule has 2 aromatic carbocycles. The second kappa shape index (κ2) is 8.35. The zero-order chi connectivity index (χ0) is 22.3. The molecule has 2 heterocycles. The van der Waals surface area contributed by atoms with Gasteiger partial charge in [0.25, 0.3) is 0 Å². The lowest BCUT2D eigenvalue weighted by Crippen LogP contribution is -2.36. The zero-order valence-corrected chi connectivity index (χ0v) is 17.7. The summed E-state index contributed by atoms with van der Waals surface area (Å²) in [7, 11) is 0. The highest BCUT2D eigenvalue weighted by Gasteiger charge is 2.52. The summed E-state index contributed by atoms with van der Waals surface area (Å²) in [6, 6.07) is 11.8. The molecule has 1 amide bonds. The van der Waals surface area contributed by atoms with Crippen LogP contribution in [0.4, 0.5) is 14.9 Å². The molecule has 1 saturated heterocycles. The molecule has 170 valence electrons. The third-order valence-electron chi connectivity index (χ3n) is 6.78. The molecule has 8 heteroatoms. The monoisotopic (exact) mass is 442 g/mol. The van der Waals surface area contributed by atoms with Crippen LogP contribution < -0.4 is 10.1 Å². The minimum atomic E-state index is -0.898. The number of aliphatic hydroxyl groups is 2. The van der Waals surface area contributed by atoms with Crippen molar-refractivity contribution in [3.05, 3.63) is 59.4 Å². The molecule has 0 aromatic heterocycles. The lowest BCUT2D eigenvalue weighted by atomic mass is 9.95. The van der Waals surface area contributed by atoms with Crippen molar-refractivity contribution >= 4 is 11.8 Å². The molecule has 0 radical (unpaired) electrons. The Morgan fingerprint density at radius 1 is 1.31 bits per heavy atom. The van der Waals surface area contributed by atoms with Gasteiger partial charge in [-0.3, -0.25) is 10.2 Å². The van der Waals surface area contributed by atoms with Crippen molar-refractivity contribution in [3.8, 4) is 5.75 Å². The summed E-state index contributed by atoms with van der Waals surface area (Å²) in [6.45, 7) is 1.80. The number of benzene rings is 2. The first kappa shape index (κ1) is 21.2. The van der Waals surface area contributed by atoms with E-state index in [1.165, 1.54) is 6.07 Å². The van der Waals surface area contributed by atoms with Crippen LogP contribution >= 0.6 is 0 Å². The van der Waals surface area contributed by atoms with Gasteiger partial charge in [0.2, 0.25) is 0 Å². The van der Waals surface area contributed by atoms with Gasteiger partial charge in [0.1, 0.15) is 6.10 Å². The number of amides is 1. The molecule has 5 rings (SSSR count). The molecule has 0 spiro atoms. The van der Waals surface area contributed by atoms with E-state index in [0.29, 0.717) is 51.2 Å². The number of carbonyl (C=O) groups excluding carboxylic acids is 1. The maximum absolute atomic E-state index is 13.9. The number of nitrogens with one attached hydrogen (secondary N) is 1. The number of para-hydroxylation sites is 1. The number of aliphatic hydroxyl groups excluding tert-OH is 1. The average Bonchev–Trinajstić information content (AvgIpc) is 3.11. The van der Waals surface area contributed by atoms with Crippen LogP contribution in [-0.4, -0.2) is 59.2 Å². The molecule has 2 aromatic rings. The van der Waals surface area contributed by atoms with E-state index >= 15 is 0 Å². The number of hydrogen-bond donors (Lipinski definition) is 3. The summed E-state index contributed by atoms with van der Waals surface area (Å²) in [5.41, 5.74) is 1.50. The van der Waals surface area contributed by atoms with E-state index < -0.39 is 23.6 Å². The summed E-state index contributed by atoms with van der Waals surface area (Å²) in [5.74, 6) is -0.155. The van der Waals surface area contributed by atoms with Crippen molar-refractivity contribution < 1.29 is 28.9 Å². The zero-order valence-electron chi connectivity index (χ0n) is 17.7. The fraction of sp³-hybridized carbons (Fsp3) is 0.458. The average molecular weight is 442 g/mol. The molecule has 3 N–H and O–H groups in total. The van der Waals surface area contributed by atoms with Gasteiger partial charge in [0.05, 0.1) is 18.3 Å². The van der Waals surface area contributed by atoms with Gasteiger partial charge in [-0.25, -0.2) is 9.18 Å². The first-order chi connectivity index (χ1) is 15.4. The molecule has 1 saturated carbocycles. The van der Waals surface area contributed by atoms with Crippen molar-refractivity contribution in [2.45, 2.75) is 37.1 Å².